The predicted molar refractivity (Wildman–Crippen MR) is 95.8 cm³/mol. The number of pyridine rings is 1. The molecule has 3 aromatic heterocycles. The van der Waals surface area contributed by atoms with E-state index < -0.39 is 12.1 Å². The number of halogens is 3. The minimum atomic E-state index is -4.70. The molecule has 0 N–H and O–H groups in total. The minimum Gasteiger partial charge on any atom is -0.347 e. The van der Waals surface area contributed by atoms with E-state index >= 15 is 0 Å². The van der Waals surface area contributed by atoms with Crippen molar-refractivity contribution in [3.63, 3.8) is 0 Å². The Balaban J connectivity index is 1.54. The van der Waals surface area contributed by atoms with E-state index in [1.165, 1.54) is 6.07 Å². The summed E-state index contributed by atoms with van der Waals surface area (Å²) in [4.78, 5) is 22.4. The summed E-state index contributed by atoms with van der Waals surface area (Å²) < 4.78 is 44.2. The van der Waals surface area contributed by atoms with Crippen molar-refractivity contribution in [2.24, 2.45) is 7.05 Å². The Bertz CT molecular complexity index is 1030. The molecule has 10 heteroatoms. The van der Waals surface area contributed by atoms with E-state index in [9.17, 15) is 18.0 Å². The Hall–Kier alpha value is -3.17. The van der Waals surface area contributed by atoms with E-state index in [0.717, 1.165) is 12.8 Å². The van der Waals surface area contributed by atoms with E-state index in [-0.39, 0.29) is 23.3 Å². The Morgan fingerprint density at radius 3 is 2.72 bits per heavy atom. The first kappa shape index (κ1) is 19.2. The molecule has 1 amide bonds. The first-order chi connectivity index (χ1) is 13.8. The highest BCUT2D eigenvalue weighted by molar-refractivity contribution is 5.92. The minimum absolute atomic E-state index is 0.0260. The number of aryl methyl sites for hydroxylation is 1. The summed E-state index contributed by atoms with van der Waals surface area (Å²) >= 11 is 0. The second kappa shape index (κ2) is 7.34. The van der Waals surface area contributed by atoms with Gasteiger partial charge in [-0.05, 0) is 37.1 Å². The molecule has 0 unspecified atom stereocenters. The van der Waals surface area contributed by atoms with Gasteiger partial charge in [-0.25, -0.2) is 4.98 Å². The van der Waals surface area contributed by atoms with Crippen LogP contribution in [0.3, 0.4) is 0 Å². The lowest BCUT2D eigenvalue weighted by molar-refractivity contribution is -0.159. The number of nitrogens with zero attached hydrogens (tertiary/aromatic N) is 5. The van der Waals surface area contributed by atoms with Gasteiger partial charge < -0.3 is 14.0 Å². The van der Waals surface area contributed by atoms with E-state index in [4.69, 9.17) is 0 Å². The average molecular weight is 405 g/mol. The van der Waals surface area contributed by atoms with E-state index in [1.54, 1.807) is 27.7 Å². The van der Waals surface area contributed by atoms with Crippen LogP contribution in [0.2, 0.25) is 0 Å². The molecule has 1 aliphatic rings. The fourth-order valence-electron chi connectivity index (χ4n) is 3.49. The van der Waals surface area contributed by atoms with Crippen molar-refractivity contribution in [3.05, 3.63) is 53.8 Å². The topological polar surface area (TPSA) is 77.0 Å². The van der Waals surface area contributed by atoms with Crippen molar-refractivity contribution in [1.29, 1.82) is 0 Å². The molecule has 4 rings (SSSR count). The molecule has 0 aromatic carbocycles. The van der Waals surface area contributed by atoms with Crippen LogP contribution < -0.4 is 0 Å². The molecule has 1 aliphatic heterocycles. The number of amides is 1. The molecule has 0 radical (unpaired) electrons. The zero-order valence-electron chi connectivity index (χ0n) is 15.6. The van der Waals surface area contributed by atoms with Crippen molar-refractivity contribution in [2.45, 2.75) is 24.9 Å². The highest BCUT2D eigenvalue weighted by Crippen LogP contribution is 2.30. The summed E-state index contributed by atoms with van der Waals surface area (Å²) in [6, 6.07) is 8.62. The van der Waals surface area contributed by atoms with Gasteiger partial charge in [-0.3, -0.25) is 4.79 Å². The van der Waals surface area contributed by atoms with Crippen LogP contribution in [0, 0.1) is 0 Å². The van der Waals surface area contributed by atoms with Gasteiger partial charge in [-0.15, -0.1) is 0 Å². The normalized spacial score (nSPS) is 17.5. The third-order valence-electron chi connectivity index (χ3n) is 4.96. The van der Waals surface area contributed by atoms with Gasteiger partial charge in [-0.1, -0.05) is 11.2 Å². The lowest BCUT2D eigenvalue weighted by atomic mass is 9.94. The Labute approximate surface area is 164 Å². The molecular weight excluding hydrogens is 387 g/mol. The average Bonchev–Trinajstić information content (AvgIpc) is 3.37. The maximum atomic E-state index is 12.8. The lowest BCUT2D eigenvalue weighted by Crippen LogP contribution is -2.40. The number of alkyl halides is 3. The zero-order chi connectivity index (χ0) is 20.6. The monoisotopic (exact) mass is 405 g/mol. The van der Waals surface area contributed by atoms with Crippen LogP contribution in [-0.2, 0) is 13.2 Å². The van der Waals surface area contributed by atoms with E-state index in [0.29, 0.717) is 24.5 Å². The summed E-state index contributed by atoms with van der Waals surface area (Å²) in [5, 5.41) is 3.39. The number of aromatic nitrogens is 4. The molecule has 0 saturated carbocycles. The van der Waals surface area contributed by atoms with Gasteiger partial charge >= 0.3 is 12.1 Å². The first-order valence-corrected chi connectivity index (χ1v) is 9.12. The standard InChI is InChI=1S/C19H18F3N5O2/c1-26-9-4-8-15(26)17(28)27-10-3-5-12(11-27)13-6-2-7-14(23-13)16-24-18(29-25-16)19(20,21)22/h2,4,6-9,12H,3,5,10-11H2,1H3/t12-/m1/s1. The van der Waals surface area contributed by atoms with Crippen molar-refractivity contribution < 1.29 is 22.5 Å². The fourth-order valence-corrected chi connectivity index (χ4v) is 3.49. The number of likely N-dealkylation sites (tertiary alicyclic amines) is 1. The van der Waals surface area contributed by atoms with Crippen LogP contribution in [0.1, 0.15) is 40.8 Å². The largest absolute Gasteiger partial charge is 0.471 e. The van der Waals surface area contributed by atoms with Gasteiger partial charge in [0.2, 0.25) is 5.82 Å². The molecule has 0 bridgehead atoms. The number of carbonyl (C=O) groups is 1. The highest BCUT2D eigenvalue weighted by Gasteiger charge is 2.38. The van der Waals surface area contributed by atoms with Gasteiger partial charge in [0, 0.05) is 37.9 Å². The fraction of sp³-hybridized carbons (Fsp3) is 0.368. The van der Waals surface area contributed by atoms with Gasteiger partial charge in [0.1, 0.15) is 11.4 Å². The quantitative estimate of drug-likeness (QED) is 0.667. The summed E-state index contributed by atoms with van der Waals surface area (Å²) in [6.45, 7) is 1.14. The molecule has 29 heavy (non-hydrogen) atoms. The van der Waals surface area contributed by atoms with Crippen LogP contribution in [-0.4, -0.2) is 43.6 Å². The summed E-state index contributed by atoms with van der Waals surface area (Å²) in [5.74, 6) is -1.70. The van der Waals surface area contributed by atoms with E-state index in [2.05, 4.69) is 19.6 Å². The van der Waals surface area contributed by atoms with Crippen LogP contribution in [0.5, 0.6) is 0 Å². The van der Waals surface area contributed by atoms with Crippen LogP contribution in [0.25, 0.3) is 11.5 Å². The van der Waals surface area contributed by atoms with Crippen molar-refractivity contribution in [3.8, 4) is 11.5 Å². The van der Waals surface area contributed by atoms with Gasteiger partial charge in [-0.2, -0.15) is 18.2 Å². The number of rotatable bonds is 3. The summed E-state index contributed by atoms with van der Waals surface area (Å²) in [6.07, 6.45) is -1.25. The molecule has 1 saturated heterocycles. The maximum absolute atomic E-state index is 12.8. The smallest absolute Gasteiger partial charge is 0.347 e. The first-order valence-electron chi connectivity index (χ1n) is 9.12. The number of piperidine rings is 1. The van der Waals surface area contributed by atoms with Crippen LogP contribution >= 0.6 is 0 Å². The third-order valence-corrected chi connectivity index (χ3v) is 4.96. The molecule has 1 fully saturated rings. The van der Waals surface area contributed by atoms with Crippen LogP contribution in [0.4, 0.5) is 13.2 Å². The molecule has 0 spiro atoms. The van der Waals surface area contributed by atoms with Crippen molar-refractivity contribution in [1.82, 2.24) is 24.6 Å². The summed E-state index contributed by atoms with van der Waals surface area (Å²) in [7, 11) is 1.82. The maximum Gasteiger partial charge on any atom is 0.471 e. The highest BCUT2D eigenvalue weighted by atomic mass is 19.4. The second-order valence-electron chi connectivity index (χ2n) is 6.96. The van der Waals surface area contributed by atoms with E-state index in [1.807, 2.05) is 19.3 Å². The van der Waals surface area contributed by atoms with Crippen molar-refractivity contribution >= 4 is 5.91 Å². The number of hydrogen-bond acceptors (Lipinski definition) is 5. The molecule has 7 nitrogen and oxygen atoms in total. The number of hydrogen-bond donors (Lipinski definition) is 0. The Morgan fingerprint density at radius 1 is 1.21 bits per heavy atom. The second-order valence-corrected chi connectivity index (χ2v) is 6.96. The SMILES string of the molecule is Cn1cccc1C(=O)N1CCC[C@@H](c2cccc(-c3noc(C(F)(F)F)n3)n2)C1. The molecule has 0 aliphatic carbocycles. The number of carbonyl (C=O) groups excluding carboxylic acids is 1. The zero-order valence-corrected chi connectivity index (χ0v) is 15.6. The molecule has 3 aromatic rings. The summed E-state index contributed by atoms with van der Waals surface area (Å²) in [5.41, 5.74) is 1.50. The van der Waals surface area contributed by atoms with Gasteiger partial charge in [0.25, 0.3) is 5.91 Å². The molecule has 1 atom stereocenters. The van der Waals surface area contributed by atoms with Crippen LogP contribution in [0.15, 0.2) is 41.1 Å². The molecule has 4 heterocycles. The van der Waals surface area contributed by atoms with Gasteiger partial charge in [0.15, 0.2) is 0 Å². The Morgan fingerprint density at radius 2 is 2.03 bits per heavy atom. The molecular formula is C19H18F3N5O2. The Kier molecular flexibility index (Phi) is 4.85. The van der Waals surface area contributed by atoms with Crippen molar-refractivity contribution in [2.75, 3.05) is 13.1 Å². The van der Waals surface area contributed by atoms with Gasteiger partial charge in [0.05, 0.1) is 0 Å². The predicted octanol–water partition coefficient (Wildman–Crippen LogP) is 3.51. The lowest BCUT2D eigenvalue weighted by Gasteiger charge is -2.32. The molecule has 152 valence electrons. The third kappa shape index (κ3) is 3.87.